The van der Waals surface area contributed by atoms with Gasteiger partial charge in [0, 0.05) is 6.54 Å². The topological polar surface area (TPSA) is 61.6 Å². The van der Waals surface area contributed by atoms with Gasteiger partial charge in [-0.05, 0) is 42.2 Å². The van der Waals surface area contributed by atoms with Crippen LogP contribution in [-0.4, -0.2) is 28.2 Å². The second kappa shape index (κ2) is 6.76. The molecule has 1 N–H and O–H groups in total. The fraction of sp³-hybridized carbons (Fsp3) is 0.643. The molecule has 1 saturated heterocycles. The van der Waals surface area contributed by atoms with E-state index in [-0.39, 0.29) is 0 Å². The quantitative estimate of drug-likeness (QED) is 0.895. The van der Waals surface area contributed by atoms with Crippen molar-refractivity contribution in [2.45, 2.75) is 33.1 Å². The Kier molecular flexibility index (Phi) is 5.03. The van der Waals surface area contributed by atoms with Gasteiger partial charge in [0.05, 0.1) is 5.69 Å². The number of anilines is 1. The van der Waals surface area contributed by atoms with Crippen molar-refractivity contribution in [2.75, 3.05) is 23.4 Å². The monoisotopic (exact) mass is 276 g/mol. The number of nitrogens with zero attached hydrogens (tertiary/aromatic N) is 3. The molecule has 102 valence electrons. The van der Waals surface area contributed by atoms with E-state index in [0.29, 0.717) is 17.3 Å². The number of hydrogen-bond acceptors (Lipinski definition) is 5. The molecule has 1 unspecified atom stereocenters. The Morgan fingerprint density at radius 3 is 2.79 bits per heavy atom. The van der Waals surface area contributed by atoms with E-state index in [1.807, 2.05) is 18.7 Å². The molecule has 0 radical (unpaired) electrons. The van der Waals surface area contributed by atoms with Gasteiger partial charge in [-0.15, -0.1) is 5.10 Å². The zero-order valence-electron chi connectivity index (χ0n) is 11.6. The number of hydrogen-bond donors (Lipinski definition) is 1. The summed E-state index contributed by atoms with van der Waals surface area (Å²) in [6, 6.07) is 2.30. The van der Waals surface area contributed by atoms with E-state index in [1.54, 1.807) is 0 Å². The molecule has 4 nitrogen and oxygen atoms in total. The van der Waals surface area contributed by atoms with Crippen molar-refractivity contribution in [2.24, 2.45) is 5.92 Å². The largest absolute Gasteiger partial charge is 0.367 e. The van der Waals surface area contributed by atoms with Gasteiger partial charge in [0.25, 0.3) is 0 Å². The molecule has 2 rings (SSSR count). The molecule has 0 bridgehead atoms. The molecule has 0 aliphatic carbocycles. The summed E-state index contributed by atoms with van der Waals surface area (Å²) in [5.74, 6) is 3.80. The van der Waals surface area contributed by atoms with Gasteiger partial charge in [0.2, 0.25) is 0 Å². The van der Waals surface area contributed by atoms with Gasteiger partial charge in [-0.2, -0.15) is 22.1 Å². The molecule has 0 spiro atoms. The Labute approximate surface area is 119 Å². The summed E-state index contributed by atoms with van der Waals surface area (Å²) in [4.78, 5) is 0. The number of nitrogens with one attached hydrogen (secondary N) is 1. The van der Waals surface area contributed by atoms with Gasteiger partial charge in [-0.1, -0.05) is 13.8 Å². The third kappa shape index (κ3) is 3.19. The second-order valence-electron chi connectivity index (χ2n) is 4.78. The maximum absolute atomic E-state index is 9.38. The van der Waals surface area contributed by atoms with Gasteiger partial charge < -0.3 is 5.32 Å². The van der Waals surface area contributed by atoms with Crippen LogP contribution in [0.25, 0.3) is 0 Å². The predicted molar refractivity (Wildman–Crippen MR) is 79.4 cm³/mol. The predicted octanol–water partition coefficient (Wildman–Crippen LogP) is 2.64. The van der Waals surface area contributed by atoms with Crippen LogP contribution in [0.2, 0.25) is 0 Å². The van der Waals surface area contributed by atoms with Gasteiger partial charge in [-0.3, -0.25) is 0 Å². The number of aromatic nitrogens is 2. The van der Waals surface area contributed by atoms with E-state index in [1.165, 1.54) is 17.9 Å². The van der Waals surface area contributed by atoms with E-state index in [0.717, 1.165) is 30.6 Å². The van der Waals surface area contributed by atoms with Crippen LogP contribution >= 0.6 is 11.8 Å². The number of thioether (sulfide) groups is 1. The minimum absolute atomic E-state index is 0.661. The molecule has 1 fully saturated rings. The summed E-state index contributed by atoms with van der Waals surface area (Å²) < 4.78 is 0. The number of aryl methyl sites for hydroxylation is 1. The minimum Gasteiger partial charge on any atom is -0.367 e. The third-order valence-corrected chi connectivity index (χ3v) is 4.77. The summed E-state index contributed by atoms with van der Waals surface area (Å²) in [6.45, 7) is 5.01. The summed E-state index contributed by atoms with van der Waals surface area (Å²) in [7, 11) is 0. The van der Waals surface area contributed by atoms with Gasteiger partial charge in [0.1, 0.15) is 11.6 Å². The van der Waals surface area contributed by atoms with E-state index in [4.69, 9.17) is 0 Å². The minimum atomic E-state index is 0.661. The lowest BCUT2D eigenvalue weighted by atomic mass is 10.0. The fourth-order valence-electron chi connectivity index (χ4n) is 2.40. The Hall–Kier alpha value is -1.28. The molecular formula is C14H20N4S. The highest BCUT2D eigenvalue weighted by Crippen LogP contribution is 2.25. The fourth-order valence-corrected chi connectivity index (χ4v) is 3.69. The lowest BCUT2D eigenvalue weighted by Crippen LogP contribution is -2.17. The first kappa shape index (κ1) is 14.1. The highest BCUT2D eigenvalue weighted by Gasteiger charge is 2.18. The van der Waals surface area contributed by atoms with Gasteiger partial charge in [-0.25, -0.2) is 0 Å². The molecular weight excluding hydrogens is 256 g/mol. The molecule has 1 aromatic rings. The number of rotatable bonds is 5. The first-order chi connectivity index (χ1) is 9.30. The second-order valence-corrected chi connectivity index (χ2v) is 5.93. The highest BCUT2D eigenvalue weighted by atomic mass is 32.2. The SMILES string of the molecule is CCc1nnc(NCC2CCSC2)c(C#N)c1CC. The van der Waals surface area contributed by atoms with Crippen molar-refractivity contribution in [3.05, 3.63) is 16.8 Å². The Morgan fingerprint density at radius 1 is 1.37 bits per heavy atom. The van der Waals surface area contributed by atoms with Crippen molar-refractivity contribution >= 4 is 17.6 Å². The first-order valence-electron chi connectivity index (χ1n) is 6.90. The van der Waals surface area contributed by atoms with Crippen LogP contribution in [0, 0.1) is 17.2 Å². The first-order valence-corrected chi connectivity index (χ1v) is 8.05. The molecule has 1 aliphatic rings. The molecule has 1 atom stereocenters. The lowest BCUT2D eigenvalue weighted by molar-refractivity contribution is 0.629. The summed E-state index contributed by atoms with van der Waals surface area (Å²) in [5.41, 5.74) is 2.67. The van der Waals surface area contributed by atoms with Crippen LogP contribution in [0.15, 0.2) is 0 Å². The molecule has 1 aliphatic heterocycles. The van der Waals surface area contributed by atoms with Crippen molar-refractivity contribution in [1.82, 2.24) is 10.2 Å². The molecule has 0 saturated carbocycles. The van der Waals surface area contributed by atoms with Crippen molar-refractivity contribution in [3.63, 3.8) is 0 Å². The van der Waals surface area contributed by atoms with Crippen LogP contribution in [0.1, 0.15) is 37.1 Å². The van der Waals surface area contributed by atoms with Crippen LogP contribution in [-0.2, 0) is 12.8 Å². The molecule has 5 heteroatoms. The lowest BCUT2D eigenvalue weighted by Gasteiger charge is -2.14. The van der Waals surface area contributed by atoms with E-state index < -0.39 is 0 Å². The standard InChI is InChI=1S/C14H20N4S/c1-3-11-12(7-15)14(18-17-13(11)4-2)16-8-10-5-6-19-9-10/h10H,3-6,8-9H2,1-2H3,(H,16,18). The summed E-state index contributed by atoms with van der Waals surface area (Å²) in [6.07, 6.45) is 2.90. The van der Waals surface area contributed by atoms with Gasteiger partial charge in [0.15, 0.2) is 5.82 Å². The van der Waals surface area contributed by atoms with E-state index in [2.05, 4.69) is 28.5 Å². The molecule has 0 amide bonds. The van der Waals surface area contributed by atoms with E-state index in [9.17, 15) is 5.26 Å². The third-order valence-electron chi connectivity index (χ3n) is 3.54. The Morgan fingerprint density at radius 2 is 2.21 bits per heavy atom. The van der Waals surface area contributed by atoms with Crippen LogP contribution < -0.4 is 5.32 Å². The average molecular weight is 276 g/mol. The smallest absolute Gasteiger partial charge is 0.166 e. The normalized spacial score (nSPS) is 18.3. The summed E-state index contributed by atoms with van der Waals surface area (Å²) in [5, 5.41) is 21.2. The summed E-state index contributed by atoms with van der Waals surface area (Å²) >= 11 is 2.00. The van der Waals surface area contributed by atoms with Crippen molar-refractivity contribution in [1.29, 1.82) is 5.26 Å². The molecule has 19 heavy (non-hydrogen) atoms. The van der Waals surface area contributed by atoms with Crippen LogP contribution in [0.3, 0.4) is 0 Å². The number of nitriles is 1. The van der Waals surface area contributed by atoms with Crippen molar-refractivity contribution < 1.29 is 0 Å². The molecule has 2 heterocycles. The molecule has 1 aromatic heterocycles. The maximum Gasteiger partial charge on any atom is 0.166 e. The van der Waals surface area contributed by atoms with Gasteiger partial charge >= 0.3 is 0 Å². The Balaban J connectivity index is 2.17. The van der Waals surface area contributed by atoms with Crippen LogP contribution in [0.4, 0.5) is 5.82 Å². The van der Waals surface area contributed by atoms with E-state index >= 15 is 0 Å². The van der Waals surface area contributed by atoms with Crippen LogP contribution in [0.5, 0.6) is 0 Å². The average Bonchev–Trinajstić information content (AvgIpc) is 2.96. The highest BCUT2D eigenvalue weighted by molar-refractivity contribution is 7.99. The molecule has 0 aromatic carbocycles. The Bertz CT molecular complexity index is 475. The van der Waals surface area contributed by atoms with Crippen molar-refractivity contribution in [3.8, 4) is 6.07 Å². The zero-order chi connectivity index (χ0) is 13.7. The maximum atomic E-state index is 9.38. The zero-order valence-corrected chi connectivity index (χ0v) is 12.4.